The molecule has 0 bridgehead atoms. The number of hydrogen-bond donors (Lipinski definition) is 0. The van der Waals surface area contributed by atoms with Gasteiger partial charge in [-0.2, -0.15) is 0 Å². The van der Waals surface area contributed by atoms with Gasteiger partial charge in [-0.3, -0.25) is 9.59 Å². The van der Waals surface area contributed by atoms with E-state index in [4.69, 9.17) is 4.74 Å². The third kappa shape index (κ3) is 3.57. The van der Waals surface area contributed by atoms with Crippen LogP contribution in [0.4, 0.5) is 0 Å². The van der Waals surface area contributed by atoms with Crippen molar-refractivity contribution >= 4 is 23.2 Å². The molecule has 0 radical (unpaired) electrons. The van der Waals surface area contributed by atoms with Crippen molar-refractivity contribution in [3.63, 3.8) is 0 Å². The maximum atomic E-state index is 13.0. The van der Waals surface area contributed by atoms with Crippen LogP contribution in [0.5, 0.6) is 0 Å². The summed E-state index contributed by atoms with van der Waals surface area (Å²) in [4.78, 5) is 32.6. The van der Waals surface area contributed by atoms with Crippen molar-refractivity contribution in [2.24, 2.45) is 0 Å². The van der Waals surface area contributed by atoms with Crippen LogP contribution in [0.2, 0.25) is 0 Å². The van der Waals surface area contributed by atoms with Crippen LogP contribution in [0.1, 0.15) is 22.2 Å². The first-order chi connectivity index (χ1) is 12.0. The Bertz CT molecular complexity index is 763. The summed E-state index contributed by atoms with van der Waals surface area (Å²) in [6.07, 6.45) is 0.992. The quantitative estimate of drug-likeness (QED) is 0.838. The largest absolute Gasteiger partial charge is 0.356 e. The maximum absolute atomic E-state index is 13.0. The van der Waals surface area contributed by atoms with Gasteiger partial charge in [-0.25, -0.2) is 4.98 Å². The SMILES string of the molecule is Cc1ccccc1[C@@H]1[C@@H](C(=O)N(C)Cc2nccs2)OCC(=O)N1C. The van der Waals surface area contributed by atoms with E-state index in [1.807, 2.05) is 36.6 Å². The lowest BCUT2D eigenvalue weighted by Crippen LogP contribution is -2.53. The van der Waals surface area contributed by atoms with Crippen LogP contribution in [0.3, 0.4) is 0 Å². The summed E-state index contributed by atoms with van der Waals surface area (Å²) < 4.78 is 5.69. The van der Waals surface area contributed by atoms with E-state index >= 15 is 0 Å². The fraction of sp³-hybridized carbons (Fsp3) is 0.389. The zero-order chi connectivity index (χ0) is 18.0. The molecule has 0 N–H and O–H groups in total. The Labute approximate surface area is 151 Å². The first-order valence-corrected chi connectivity index (χ1v) is 8.93. The Kier molecular flexibility index (Phi) is 5.15. The van der Waals surface area contributed by atoms with Crippen molar-refractivity contribution in [1.82, 2.24) is 14.8 Å². The zero-order valence-electron chi connectivity index (χ0n) is 14.5. The fourth-order valence-electron chi connectivity index (χ4n) is 3.04. The molecule has 132 valence electrons. The van der Waals surface area contributed by atoms with Crippen LogP contribution in [-0.4, -0.2) is 53.4 Å². The first-order valence-electron chi connectivity index (χ1n) is 8.05. The minimum Gasteiger partial charge on any atom is -0.356 e. The van der Waals surface area contributed by atoms with Crippen LogP contribution < -0.4 is 0 Å². The average molecular weight is 359 g/mol. The first kappa shape index (κ1) is 17.6. The van der Waals surface area contributed by atoms with Gasteiger partial charge in [-0.1, -0.05) is 24.3 Å². The topological polar surface area (TPSA) is 62.7 Å². The molecule has 2 heterocycles. The van der Waals surface area contributed by atoms with Crippen LogP contribution in [0.15, 0.2) is 35.8 Å². The Morgan fingerprint density at radius 2 is 2.20 bits per heavy atom. The molecule has 1 aromatic heterocycles. The third-order valence-electron chi connectivity index (χ3n) is 4.47. The summed E-state index contributed by atoms with van der Waals surface area (Å²) in [5.74, 6) is -0.275. The molecule has 2 amide bonds. The van der Waals surface area contributed by atoms with Gasteiger partial charge >= 0.3 is 0 Å². The minimum absolute atomic E-state index is 0.0830. The van der Waals surface area contributed by atoms with E-state index in [-0.39, 0.29) is 18.4 Å². The molecule has 2 atom stereocenters. The van der Waals surface area contributed by atoms with Gasteiger partial charge in [0, 0.05) is 25.7 Å². The molecule has 25 heavy (non-hydrogen) atoms. The average Bonchev–Trinajstić information content (AvgIpc) is 3.10. The molecule has 6 nitrogen and oxygen atoms in total. The Hall–Kier alpha value is -2.25. The number of nitrogens with zero attached hydrogens (tertiary/aromatic N) is 3. The van der Waals surface area contributed by atoms with E-state index in [0.29, 0.717) is 6.54 Å². The lowest BCUT2D eigenvalue weighted by molar-refractivity contribution is -0.167. The number of morpholine rings is 1. The summed E-state index contributed by atoms with van der Waals surface area (Å²) >= 11 is 1.51. The number of carbonyl (C=O) groups is 2. The van der Waals surface area contributed by atoms with Gasteiger partial charge in [-0.05, 0) is 18.1 Å². The lowest BCUT2D eigenvalue weighted by Gasteiger charge is -2.40. The number of carbonyl (C=O) groups excluding carboxylic acids is 2. The van der Waals surface area contributed by atoms with E-state index in [9.17, 15) is 9.59 Å². The van der Waals surface area contributed by atoms with Crippen LogP contribution >= 0.6 is 11.3 Å². The molecular formula is C18H21N3O3S. The van der Waals surface area contributed by atoms with Crippen LogP contribution in [0, 0.1) is 6.92 Å². The smallest absolute Gasteiger partial charge is 0.254 e. The molecule has 3 rings (SSSR count). The van der Waals surface area contributed by atoms with Crippen molar-refractivity contribution in [2.75, 3.05) is 20.7 Å². The highest BCUT2D eigenvalue weighted by molar-refractivity contribution is 7.09. The Balaban J connectivity index is 1.88. The fourth-order valence-corrected chi connectivity index (χ4v) is 3.71. The maximum Gasteiger partial charge on any atom is 0.254 e. The molecule has 0 unspecified atom stereocenters. The van der Waals surface area contributed by atoms with Crippen molar-refractivity contribution in [3.05, 3.63) is 52.0 Å². The predicted molar refractivity (Wildman–Crippen MR) is 95.0 cm³/mol. The monoisotopic (exact) mass is 359 g/mol. The highest BCUT2D eigenvalue weighted by Crippen LogP contribution is 2.32. The lowest BCUT2D eigenvalue weighted by atomic mass is 9.93. The summed E-state index contributed by atoms with van der Waals surface area (Å²) in [7, 11) is 3.46. The predicted octanol–water partition coefficient (Wildman–Crippen LogP) is 2.01. The highest BCUT2D eigenvalue weighted by Gasteiger charge is 2.41. The number of aryl methyl sites for hydroxylation is 1. The normalized spacial score (nSPS) is 20.6. The summed E-state index contributed by atoms with van der Waals surface area (Å²) in [5, 5.41) is 2.75. The van der Waals surface area contributed by atoms with E-state index in [1.165, 1.54) is 11.3 Å². The summed E-state index contributed by atoms with van der Waals surface area (Å²) in [6.45, 7) is 2.32. The van der Waals surface area contributed by atoms with E-state index in [1.54, 1.807) is 30.1 Å². The second kappa shape index (κ2) is 7.33. The van der Waals surface area contributed by atoms with Crippen LogP contribution in [0.25, 0.3) is 0 Å². The molecule has 0 aliphatic carbocycles. The van der Waals surface area contributed by atoms with Crippen LogP contribution in [-0.2, 0) is 20.9 Å². The van der Waals surface area contributed by atoms with Gasteiger partial charge in [0.2, 0.25) is 5.91 Å². The van der Waals surface area contributed by atoms with Crippen molar-refractivity contribution < 1.29 is 14.3 Å². The summed E-state index contributed by atoms with van der Waals surface area (Å²) in [6, 6.07) is 7.34. The minimum atomic E-state index is -0.728. The molecule has 1 aliphatic heterocycles. The molecule has 1 fully saturated rings. The molecule has 1 aliphatic rings. The van der Waals surface area contributed by atoms with E-state index in [0.717, 1.165) is 16.1 Å². The van der Waals surface area contributed by atoms with Crippen molar-refractivity contribution in [1.29, 1.82) is 0 Å². The molecular weight excluding hydrogens is 338 g/mol. The summed E-state index contributed by atoms with van der Waals surface area (Å²) in [5.41, 5.74) is 1.96. The number of rotatable bonds is 4. The standard InChI is InChI=1S/C18H21N3O3S/c1-12-6-4-5-7-13(12)16-17(24-11-15(22)21(16)3)18(23)20(2)10-14-19-8-9-25-14/h4-9,16-17H,10-11H2,1-3H3/t16-,17+/m1/s1. The number of amides is 2. The van der Waals surface area contributed by atoms with E-state index < -0.39 is 12.1 Å². The van der Waals surface area contributed by atoms with Crippen molar-refractivity contribution in [2.45, 2.75) is 25.6 Å². The van der Waals surface area contributed by atoms with Gasteiger partial charge in [0.1, 0.15) is 11.6 Å². The van der Waals surface area contributed by atoms with Gasteiger partial charge < -0.3 is 14.5 Å². The molecule has 0 spiro atoms. The highest BCUT2D eigenvalue weighted by atomic mass is 32.1. The second-order valence-corrected chi connectivity index (χ2v) is 7.14. The van der Waals surface area contributed by atoms with Gasteiger partial charge in [0.15, 0.2) is 6.10 Å². The number of likely N-dealkylation sites (N-methyl/N-ethyl adjacent to an activating group) is 2. The number of ether oxygens (including phenoxy) is 1. The molecule has 7 heteroatoms. The zero-order valence-corrected chi connectivity index (χ0v) is 15.3. The second-order valence-electron chi connectivity index (χ2n) is 6.16. The third-order valence-corrected chi connectivity index (χ3v) is 5.23. The van der Waals surface area contributed by atoms with E-state index in [2.05, 4.69) is 4.98 Å². The van der Waals surface area contributed by atoms with Crippen molar-refractivity contribution in [3.8, 4) is 0 Å². The van der Waals surface area contributed by atoms with Gasteiger partial charge in [0.25, 0.3) is 5.91 Å². The Morgan fingerprint density at radius 3 is 2.88 bits per heavy atom. The van der Waals surface area contributed by atoms with Gasteiger partial charge in [0.05, 0.1) is 12.6 Å². The number of benzene rings is 1. The molecule has 1 aromatic carbocycles. The molecule has 0 saturated carbocycles. The Morgan fingerprint density at radius 1 is 1.44 bits per heavy atom. The number of hydrogen-bond acceptors (Lipinski definition) is 5. The molecule has 1 saturated heterocycles. The number of aromatic nitrogens is 1. The molecule has 2 aromatic rings. The van der Waals surface area contributed by atoms with Gasteiger partial charge in [-0.15, -0.1) is 11.3 Å². The number of thiazole rings is 1.